The fraction of sp³-hybridized carbons (Fsp3) is 0.714. The van der Waals surface area contributed by atoms with E-state index in [4.69, 9.17) is 10.9 Å². The van der Waals surface area contributed by atoms with E-state index in [9.17, 15) is 9.59 Å². The lowest BCUT2D eigenvalue weighted by atomic mass is 10.0. The maximum absolute atomic E-state index is 10.5. The van der Waals surface area contributed by atoms with Gasteiger partial charge in [0, 0.05) is 12.3 Å². The molecule has 0 heterocycles. The van der Waals surface area contributed by atoms with Gasteiger partial charge in [0.15, 0.2) is 0 Å². The average molecular weight is 174 g/mol. The van der Waals surface area contributed by atoms with Crippen molar-refractivity contribution in [2.75, 3.05) is 0 Å². The van der Waals surface area contributed by atoms with Gasteiger partial charge in [0.25, 0.3) is 0 Å². The Morgan fingerprint density at radius 1 is 1.58 bits per heavy atom. The van der Waals surface area contributed by atoms with Crippen LogP contribution in [0.5, 0.6) is 0 Å². The molecule has 12 heavy (non-hydrogen) atoms. The molecule has 0 spiro atoms. The van der Waals surface area contributed by atoms with Gasteiger partial charge in [-0.2, -0.15) is 0 Å². The predicted octanol–water partition coefficient (Wildman–Crippen LogP) is -0.216. The summed E-state index contributed by atoms with van der Waals surface area (Å²) >= 11 is 0. The molecule has 0 aliphatic heterocycles. The van der Waals surface area contributed by atoms with Crippen LogP contribution in [-0.2, 0) is 9.59 Å². The van der Waals surface area contributed by atoms with Crippen molar-refractivity contribution in [3.8, 4) is 0 Å². The second-order valence-electron chi connectivity index (χ2n) is 2.73. The molecule has 0 unspecified atom stereocenters. The number of carbonyl (C=O) groups excluding carboxylic acids is 2. The number of hydrogen-bond acceptors (Lipinski definition) is 3. The summed E-state index contributed by atoms with van der Waals surface area (Å²) in [6, 6.07) is 0. The van der Waals surface area contributed by atoms with Gasteiger partial charge in [0.05, 0.1) is 0 Å². The van der Waals surface area contributed by atoms with Gasteiger partial charge < -0.3 is 5.73 Å². The fourth-order valence-electron chi connectivity index (χ4n) is 0.767. The monoisotopic (exact) mass is 174 g/mol. The zero-order valence-electron chi connectivity index (χ0n) is 7.04. The number of primary amides is 1. The Balaban J connectivity index is 3.43. The van der Waals surface area contributed by atoms with E-state index in [1.165, 1.54) is 5.48 Å². The summed E-state index contributed by atoms with van der Waals surface area (Å²) < 4.78 is 0. The van der Waals surface area contributed by atoms with Crippen molar-refractivity contribution in [2.45, 2.75) is 26.2 Å². The summed E-state index contributed by atoms with van der Waals surface area (Å²) in [6.45, 7) is 1.71. The molecule has 1 atom stereocenters. The molecule has 0 saturated heterocycles. The Labute approximate surface area is 70.9 Å². The summed E-state index contributed by atoms with van der Waals surface area (Å²) in [5, 5.41) is 8.12. The van der Waals surface area contributed by atoms with E-state index in [1.807, 2.05) is 0 Å². The first-order valence-electron chi connectivity index (χ1n) is 3.80. The van der Waals surface area contributed by atoms with Gasteiger partial charge >= 0.3 is 0 Å². The summed E-state index contributed by atoms with van der Waals surface area (Å²) in [5.74, 6) is -1.01. The van der Waals surface area contributed by atoms with Crippen molar-refractivity contribution < 1.29 is 14.8 Å². The van der Waals surface area contributed by atoms with Crippen LogP contribution in [0.25, 0.3) is 0 Å². The van der Waals surface area contributed by atoms with Crippen LogP contribution in [0.15, 0.2) is 0 Å². The highest BCUT2D eigenvalue weighted by Crippen LogP contribution is 2.06. The number of rotatable bonds is 5. The Morgan fingerprint density at radius 3 is 2.58 bits per heavy atom. The zero-order valence-corrected chi connectivity index (χ0v) is 7.04. The van der Waals surface area contributed by atoms with Crippen LogP contribution in [0.3, 0.4) is 0 Å². The van der Waals surface area contributed by atoms with Crippen molar-refractivity contribution in [3.63, 3.8) is 0 Å². The highest BCUT2D eigenvalue weighted by molar-refractivity contribution is 5.76. The lowest BCUT2D eigenvalue weighted by Crippen LogP contribution is -2.22. The largest absolute Gasteiger partial charge is 0.369 e. The minimum absolute atomic E-state index is 0.212. The number of hydrogen-bond donors (Lipinski definition) is 3. The Morgan fingerprint density at radius 2 is 2.17 bits per heavy atom. The fourth-order valence-corrected chi connectivity index (χ4v) is 0.767. The van der Waals surface area contributed by atoms with Crippen LogP contribution in [0.1, 0.15) is 26.2 Å². The molecule has 4 N–H and O–H groups in total. The molecule has 0 aliphatic rings. The second kappa shape index (κ2) is 5.54. The topological polar surface area (TPSA) is 92.4 Å². The van der Waals surface area contributed by atoms with Crippen molar-refractivity contribution in [2.24, 2.45) is 11.7 Å². The molecule has 5 nitrogen and oxygen atoms in total. The van der Waals surface area contributed by atoms with Crippen molar-refractivity contribution in [1.29, 1.82) is 0 Å². The van der Waals surface area contributed by atoms with E-state index in [1.54, 1.807) is 6.92 Å². The number of carbonyl (C=O) groups is 2. The Kier molecular flexibility index (Phi) is 5.03. The van der Waals surface area contributed by atoms with Gasteiger partial charge in [0.2, 0.25) is 11.8 Å². The Bertz CT molecular complexity index is 170. The first-order chi connectivity index (χ1) is 5.57. The molecule has 0 aromatic rings. The van der Waals surface area contributed by atoms with E-state index in [-0.39, 0.29) is 18.2 Å². The Hall–Kier alpha value is -1.10. The number of nitrogens with two attached hydrogens (primary N) is 1. The van der Waals surface area contributed by atoms with Crippen LogP contribution < -0.4 is 11.2 Å². The molecule has 0 saturated carbocycles. The van der Waals surface area contributed by atoms with E-state index >= 15 is 0 Å². The highest BCUT2D eigenvalue weighted by atomic mass is 16.5. The van der Waals surface area contributed by atoms with E-state index in [0.29, 0.717) is 12.8 Å². The zero-order chi connectivity index (χ0) is 9.56. The molecule has 0 aromatic carbocycles. The van der Waals surface area contributed by atoms with Crippen LogP contribution in [-0.4, -0.2) is 17.0 Å². The third-order valence-electron chi connectivity index (χ3n) is 1.65. The first-order valence-corrected chi connectivity index (χ1v) is 3.80. The molecule has 0 fully saturated rings. The molecule has 5 heteroatoms. The van der Waals surface area contributed by atoms with Crippen LogP contribution in [0, 0.1) is 5.92 Å². The number of hydroxylamine groups is 1. The summed E-state index contributed by atoms with van der Waals surface area (Å²) in [6.07, 6.45) is 1.34. The first kappa shape index (κ1) is 10.9. The van der Waals surface area contributed by atoms with E-state index in [2.05, 4.69) is 0 Å². The van der Waals surface area contributed by atoms with Crippen LogP contribution in [0.4, 0.5) is 0 Å². The lowest BCUT2D eigenvalue weighted by molar-refractivity contribution is -0.129. The third kappa shape index (κ3) is 4.68. The molecule has 0 bridgehead atoms. The molecule has 0 aliphatic carbocycles. The molecule has 0 aromatic heterocycles. The quantitative estimate of drug-likeness (QED) is 0.397. The van der Waals surface area contributed by atoms with Crippen LogP contribution >= 0.6 is 0 Å². The second-order valence-corrected chi connectivity index (χ2v) is 2.73. The minimum atomic E-state index is -0.438. The summed E-state index contributed by atoms with van der Waals surface area (Å²) in [7, 11) is 0. The molecule has 70 valence electrons. The molecule has 0 rings (SSSR count). The smallest absolute Gasteiger partial charge is 0.243 e. The molecular formula is C7H14N2O3. The van der Waals surface area contributed by atoms with Gasteiger partial charge in [-0.1, -0.05) is 6.92 Å². The lowest BCUT2D eigenvalue weighted by Gasteiger charge is -2.04. The SMILES string of the molecule is C[C@@H](CCCC(=O)NO)C(N)=O. The van der Waals surface area contributed by atoms with E-state index in [0.717, 1.165) is 0 Å². The van der Waals surface area contributed by atoms with Crippen molar-refractivity contribution in [3.05, 3.63) is 0 Å². The van der Waals surface area contributed by atoms with Crippen LogP contribution in [0.2, 0.25) is 0 Å². The minimum Gasteiger partial charge on any atom is -0.369 e. The highest BCUT2D eigenvalue weighted by Gasteiger charge is 2.08. The van der Waals surface area contributed by atoms with Gasteiger partial charge in [-0.3, -0.25) is 14.8 Å². The van der Waals surface area contributed by atoms with E-state index < -0.39 is 5.91 Å². The van der Waals surface area contributed by atoms with Crippen molar-refractivity contribution >= 4 is 11.8 Å². The maximum Gasteiger partial charge on any atom is 0.243 e. The number of nitrogens with one attached hydrogen (secondary N) is 1. The predicted molar refractivity (Wildman–Crippen MR) is 42.1 cm³/mol. The third-order valence-corrected chi connectivity index (χ3v) is 1.65. The van der Waals surface area contributed by atoms with Crippen molar-refractivity contribution in [1.82, 2.24) is 5.48 Å². The van der Waals surface area contributed by atoms with Gasteiger partial charge in [-0.25, -0.2) is 5.48 Å². The molecule has 0 radical (unpaired) electrons. The molecular weight excluding hydrogens is 160 g/mol. The average Bonchev–Trinajstić information content (AvgIpc) is 2.03. The normalized spacial score (nSPS) is 12.2. The summed E-state index contributed by atoms with van der Waals surface area (Å²) in [5.41, 5.74) is 6.51. The maximum atomic E-state index is 10.5. The van der Waals surface area contributed by atoms with Gasteiger partial charge in [0.1, 0.15) is 0 Å². The van der Waals surface area contributed by atoms with Gasteiger partial charge in [-0.05, 0) is 12.8 Å². The standard InChI is InChI=1S/C7H14N2O3/c1-5(7(8)11)3-2-4-6(10)9-12/h5,12H,2-4H2,1H3,(H2,8,11)(H,9,10)/t5-/m0/s1. The summed E-state index contributed by atoms with van der Waals surface area (Å²) in [4.78, 5) is 21.0. The molecule has 2 amide bonds. The van der Waals surface area contributed by atoms with Gasteiger partial charge in [-0.15, -0.1) is 0 Å². The number of amides is 2.